The molecule has 6 heteroatoms. The number of imide groups is 1. The van der Waals surface area contributed by atoms with Gasteiger partial charge in [-0.15, -0.1) is 0 Å². The first-order valence-corrected chi connectivity index (χ1v) is 8.69. The van der Waals surface area contributed by atoms with Gasteiger partial charge >= 0.3 is 0 Å². The normalized spacial score (nSPS) is 15.6. The minimum Gasteiger partial charge on any atom is -0.337 e. The molecule has 0 bridgehead atoms. The predicted octanol–water partition coefficient (Wildman–Crippen LogP) is 3.54. The van der Waals surface area contributed by atoms with Gasteiger partial charge in [-0.2, -0.15) is 0 Å². The van der Waals surface area contributed by atoms with E-state index in [-0.39, 0.29) is 11.9 Å². The van der Waals surface area contributed by atoms with Gasteiger partial charge in [-0.3, -0.25) is 19.3 Å². The number of carbonyl (C=O) groups is 3. The van der Waals surface area contributed by atoms with Crippen LogP contribution in [-0.2, 0) is 4.79 Å². The highest BCUT2D eigenvalue weighted by atomic mass is 35.5. The lowest BCUT2D eigenvalue weighted by Gasteiger charge is -2.31. The Balaban J connectivity index is 1.80. The maximum Gasteiger partial charge on any atom is 0.262 e. The second-order valence-corrected chi connectivity index (χ2v) is 6.81. The highest BCUT2D eigenvalue weighted by Crippen LogP contribution is 2.27. The fourth-order valence-corrected chi connectivity index (χ4v) is 3.25. The summed E-state index contributed by atoms with van der Waals surface area (Å²) in [6.07, 6.45) is 0. The molecule has 3 amide bonds. The number of likely N-dealkylation sites (N-methyl/N-ethyl adjacent to an activating group) is 1. The van der Waals surface area contributed by atoms with Crippen LogP contribution in [0.2, 0.25) is 5.02 Å². The molecular weight excluding hydrogens is 352 g/mol. The Kier molecular flexibility index (Phi) is 4.83. The third-order valence-electron chi connectivity index (χ3n) is 4.85. The summed E-state index contributed by atoms with van der Waals surface area (Å²) in [6.45, 7) is 3.46. The maximum atomic E-state index is 12.9. The van der Waals surface area contributed by atoms with Gasteiger partial charge in [0.25, 0.3) is 11.8 Å². The Morgan fingerprint density at radius 1 is 0.962 bits per heavy atom. The van der Waals surface area contributed by atoms with Crippen LogP contribution in [0.3, 0.4) is 0 Å². The van der Waals surface area contributed by atoms with Crippen LogP contribution >= 0.6 is 11.6 Å². The molecule has 0 radical (unpaired) electrons. The van der Waals surface area contributed by atoms with Gasteiger partial charge < -0.3 is 4.90 Å². The largest absolute Gasteiger partial charge is 0.337 e. The summed E-state index contributed by atoms with van der Waals surface area (Å²) in [5.74, 6) is -1.17. The molecule has 0 saturated carbocycles. The number of carbonyl (C=O) groups excluding carboxylic acids is 3. The van der Waals surface area contributed by atoms with Crippen LogP contribution in [0, 0.1) is 0 Å². The standard InChI is InChI=1S/C20H19ClN2O3/c1-12(14-8-10-15(21)11-9-14)22(3)18(24)13(2)23-19(25)16-6-4-5-7-17(16)20(23)26/h4-13H,1-3H3. The van der Waals surface area contributed by atoms with Gasteiger partial charge in [0.05, 0.1) is 17.2 Å². The first kappa shape index (κ1) is 18.1. The molecule has 0 aliphatic carbocycles. The van der Waals surface area contributed by atoms with E-state index in [1.165, 1.54) is 4.90 Å². The second kappa shape index (κ2) is 6.92. The van der Waals surface area contributed by atoms with Crippen LogP contribution in [0.4, 0.5) is 0 Å². The summed E-state index contributed by atoms with van der Waals surface area (Å²) < 4.78 is 0. The highest BCUT2D eigenvalue weighted by Gasteiger charge is 2.41. The summed E-state index contributed by atoms with van der Waals surface area (Å²) >= 11 is 5.91. The molecule has 0 aromatic heterocycles. The summed E-state index contributed by atoms with van der Waals surface area (Å²) in [5, 5.41) is 0.620. The fourth-order valence-electron chi connectivity index (χ4n) is 3.12. The molecular formula is C20H19ClN2O3. The molecule has 2 aromatic carbocycles. The number of nitrogens with zero attached hydrogens (tertiary/aromatic N) is 2. The van der Waals surface area contributed by atoms with Crippen molar-refractivity contribution in [3.63, 3.8) is 0 Å². The predicted molar refractivity (Wildman–Crippen MR) is 99.0 cm³/mol. The molecule has 2 atom stereocenters. The van der Waals surface area contributed by atoms with Crippen LogP contribution < -0.4 is 0 Å². The van der Waals surface area contributed by atoms with Crippen molar-refractivity contribution in [3.05, 3.63) is 70.2 Å². The van der Waals surface area contributed by atoms with Crippen LogP contribution in [0.5, 0.6) is 0 Å². The van der Waals surface area contributed by atoms with Gasteiger partial charge in [0, 0.05) is 12.1 Å². The zero-order valence-electron chi connectivity index (χ0n) is 14.8. The lowest BCUT2D eigenvalue weighted by Crippen LogP contribution is -2.48. The van der Waals surface area contributed by atoms with Crippen molar-refractivity contribution in [2.45, 2.75) is 25.9 Å². The van der Waals surface area contributed by atoms with Gasteiger partial charge in [-0.25, -0.2) is 0 Å². The Morgan fingerprint density at radius 3 is 1.96 bits per heavy atom. The van der Waals surface area contributed by atoms with E-state index in [1.54, 1.807) is 50.4 Å². The van der Waals surface area contributed by atoms with Crippen molar-refractivity contribution in [3.8, 4) is 0 Å². The van der Waals surface area contributed by atoms with Crippen molar-refractivity contribution < 1.29 is 14.4 Å². The number of hydrogen-bond acceptors (Lipinski definition) is 3. The molecule has 1 aliphatic heterocycles. The molecule has 1 aliphatic rings. The molecule has 1 heterocycles. The molecule has 0 saturated heterocycles. The smallest absolute Gasteiger partial charge is 0.262 e. The zero-order valence-corrected chi connectivity index (χ0v) is 15.5. The van der Waals surface area contributed by atoms with E-state index >= 15 is 0 Å². The number of hydrogen-bond donors (Lipinski definition) is 0. The second-order valence-electron chi connectivity index (χ2n) is 6.38. The molecule has 0 spiro atoms. The highest BCUT2D eigenvalue weighted by molar-refractivity contribution is 6.30. The van der Waals surface area contributed by atoms with E-state index in [1.807, 2.05) is 19.1 Å². The maximum absolute atomic E-state index is 12.9. The van der Waals surface area contributed by atoms with Crippen molar-refractivity contribution in [1.29, 1.82) is 0 Å². The van der Waals surface area contributed by atoms with Crippen LogP contribution in [0.15, 0.2) is 48.5 Å². The number of amides is 3. The molecule has 2 aromatic rings. The quantitative estimate of drug-likeness (QED) is 0.773. The van der Waals surface area contributed by atoms with Crippen molar-refractivity contribution in [2.75, 3.05) is 7.05 Å². The summed E-state index contributed by atoms with van der Waals surface area (Å²) in [4.78, 5) is 40.6. The molecule has 134 valence electrons. The third kappa shape index (κ3) is 2.99. The van der Waals surface area contributed by atoms with Gasteiger partial charge in [0.2, 0.25) is 5.91 Å². The number of halogens is 1. The van der Waals surface area contributed by atoms with Crippen LogP contribution in [-0.4, -0.2) is 40.6 Å². The lowest BCUT2D eigenvalue weighted by molar-refractivity contribution is -0.135. The Morgan fingerprint density at radius 2 is 1.46 bits per heavy atom. The van der Waals surface area contributed by atoms with Gasteiger partial charge in [0.15, 0.2) is 0 Å². The average Bonchev–Trinajstić information content (AvgIpc) is 2.91. The van der Waals surface area contributed by atoms with Crippen LogP contribution in [0.1, 0.15) is 46.2 Å². The lowest BCUT2D eigenvalue weighted by atomic mass is 10.1. The minimum absolute atomic E-state index is 0.225. The molecule has 0 N–H and O–H groups in total. The minimum atomic E-state index is -0.887. The first-order valence-electron chi connectivity index (χ1n) is 8.32. The van der Waals surface area contributed by atoms with Gasteiger partial charge in [-0.1, -0.05) is 35.9 Å². The topological polar surface area (TPSA) is 57.7 Å². The Labute approximate surface area is 157 Å². The molecule has 0 fully saturated rings. The number of fused-ring (bicyclic) bond motifs is 1. The first-order chi connectivity index (χ1) is 12.3. The van der Waals surface area contributed by atoms with E-state index < -0.39 is 17.9 Å². The Hall–Kier alpha value is -2.66. The van der Waals surface area contributed by atoms with Gasteiger partial charge in [0.1, 0.15) is 6.04 Å². The summed E-state index contributed by atoms with van der Waals surface area (Å²) in [7, 11) is 1.66. The number of rotatable bonds is 4. The number of benzene rings is 2. The van der Waals surface area contributed by atoms with E-state index in [2.05, 4.69) is 0 Å². The van der Waals surface area contributed by atoms with E-state index in [0.29, 0.717) is 16.1 Å². The third-order valence-corrected chi connectivity index (χ3v) is 5.10. The van der Waals surface area contributed by atoms with E-state index in [9.17, 15) is 14.4 Å². The monoisotopic (exact) mass is 370 g/mol. The fraction of sp³-hybridized carbons (Fsp3) is 0.250. The van der Waals surface area contributed by atoms with Crippen molar-refractivity contribution >= 4 is 29.3 Å². The summed E-state index contributed by atoms with van der Waals surface area (Å²) in [6, 6.07) is 12.7. The summed E-state index contributed by atoms with van der Waals surface area (Å²) in [5.41, 5.74) is 1.59. The van der Waals surface area contributed by atoms with Crippen molar-refractivity contribution in [1.82, 2.24) is 9.80 Å². The molecule has 3 rings (SSSR count). The average molecular weight is 371 g/mol. The Bertz CT molecular complexity index is 844. The van der Waals surface area contributed by atoms with Crippen LogP contribution in [0.25, 0.3) is 0 Å². The molecule has 5 nitrogen and oxygen atoms in total. The molecule has 26 heavy (non-hydrogen) atoms. The van der Waals surface area contributed by atoms with E-state index in [4.69, 9.17) is 11.6 Å². The molecule has 2 unspecified atom stereocenters. The SMILES string of the molecule is CC(c1ccc(Cl)cc1)N(C)C(=O)C(C)N1C(=O)c2ccccc2C1=O. The van der Waals surface area contributed by atoms with E-state index in [0.717, 1.165) is 10.5 Å². The zero-order chi connectivity index (χ0) is 19.0. The van der Waals surface area contributed by atoms with Crippen molar-refractivity contribution in [2.24, 2.45) is 0 Å². The van der Waals surface area contributed by atoms with Gasteiger partial charge in [-0.05, 0) is 43.7 Å².